The average Bonchev–Trinajstić information content (AvgIpc) is 3.29. The Morgan fingerprint density at radius 1 is 1.27 bits per heavy atom. The molecule has 3 N–H and O–H groups in total. The van der Waals surface area contributed by atoms with Crippen LogP contribution in [-0.4, -0.2) is 55.0 Å². The standard InChI is InChI=1S/C25H27F5N8O2S/c1-37-18(7-16(36-37)20(27)28)33-24-35-32-10-38(24)14-2-3-17-15(6-14)19(22(40)31-9-12-8-25(12,29)30)23(41-17)34-21(39)11-4-13(26)5-11/h7,10-14,20H,2-6,8-9H2,1H3,(H,31,40)(H,33,35)(H,34,39)/t11-,12-,13-,14+/m1/s1. The minimum atomic E-state index is -2.79. The van der Waals surface area contributed by atoms with E-state index in [4.69, 9.17) is 0 Å². The van der Waals surface area contributed by atoms with Crippen LogP contribution >= 0.6 is 11.3 Å². The highest BCUT2D eigenvalue weighted by atomic mass is 32.1. The van der Waals surface area contributed by atoms with E-state index >= 15 is 0 Å². The molecule has 16 heteroatoms. The fourth-order valence-electron chi connectivity index (χ4n) is 5.33. The lowest BCUT2D eigenvalue weighted by molar-refractivity contribution is -0.124. The van der Waals surface area contributed by atoms with Crippen LogP contribution in [0, 0.1) is 11.8 Å². The number of nitrogens with one attached hydrogen (secondary N) is 3. The SMILES string of the molecule is Cn1nc(C(F)F)cc1Nc1nncn1[C@H]1CCc2sc(NC(=O)[C@H]3C[C@H](F)C3)c(C(=O)NC[C@H]3CC3(F)F)c2C1. The molecule has 3 heterocycles. The zero-order valence-corrected chi connectivity index (χ0v) is 22.7. The molecule has 2 fully saturated rings. The van der Waals surface area contributed by atoms with Gasteiger partial charge < -0.3 is 16.0 Å². The Labute approximate surface area is 234 Å². The van der Waals surface area contributed by atoms with Gasteiger partial charge in [-0.05, 0) is 37.7 Å². The van der Waals surface area contributed by atoms with Gasteiger partial charge in [-0.2, -0.15) is 5.10 Å². The Balaban J connectivity index is 1.25. The second kappa shape index (κ2) is 10.4. The quantitative estimate of drug-likeness (QED) is 0.311. The molecule has 41 heavy (non-hydrogen) atoms. The summed E-state index contributed by atoms with van der Waals surface area (Å²) < 4.78 is 69.5. The van der Waals surface area contributed by atoms with Crippen LogP contribution in [0.3, 0.4) is 0 Å². The number of aryl methyl sites for hydroxylation is 2. The Kier molecular flexibility index (Phi) is 6.98. The summed E-state index contributed by atoms with van der Waals surface area (Å²) in [4.78, 5) is 27.0. The number of nitrogens with zero attached hydrogens (tertiary/aromatic N) is 5. The van der Waals surface area contributed by atoms with Crippen molar-refractivity contribution in [3.8, 4) is 0 Å². The van der Waals surface area contributed by atoms with E-state index in [0.717, 1.165) is 4.88 Å². The van der Waals surface area contributed by atoms with E-state index in [0.29, 0.717) is 35.8 Å². The van der Waals surface area contributed by atoms with Crippen LogP contribution in [0.4, 0.5) is 38.7 Å². The molecule has 3 aliphatic carbocycles. The average molecular weight is 599 g/mol. The first-order chi connectivity index (χ1) is 19.5. The van der Waals surface area contributed by atoms with Gasteiger partial charge >= 0.3 is 0 Å². The van der Waals surface area contributed by atoms with Gasteiger partial charge in [0.1, 0.15) is 29.0 Å². The van der Waals surface area contributed by atoms with Crippen molar-refractivity contribution in [3.05, 3.63) is 34.1 Å². The molecule has 6 rings (SSSR count). The molecular formula is C25H27F5N8O2S. The minimum Gasteiger partial charge on any atom is -0.351 e. The van der Waals surface area contributed by atoms with Crippen LogP contribution in [0.5, 0.6) is 0 Å². The number of carbonyl (C=O) groups is 2. The van der Waals surface area contributed by atoms with Gasteiger partial charge in [0.05, 0.1) is 5.56 Å². The molecule has 3 aliphatic rings. The Hall–Kier alpha value is -3.56. The van der Waals surface area contributed by atoms with E-state index in [2.05, 4.69) is 31.2 Å². The molecule has 0 aliphatic heterocycles. The zero-order chi connectivity index (χ0) is 29.1. The van der Waals surface area contributed by atoms with E-state index in [1.165, 1.54) is 35.5 Å². The first-order valence-electron chi connectivity index (χ1n) is 13.2. The van der Waals surface area contributed by atoms with Crippen molar-refractivity contribution in [1.82, 2.24) is 29.9 Å². The topological polar surface area (TPSA) is 119 Å². The second-order valence-electron chi connectivity index (χ2n) is 10.8. The van der Waals surface area contributed by atoms with Gasteiger partial charge in [0, 0.05) is 48.8 Å². The van der Waals surface area contributed by atoms with Gasteiger partial charge in [0.2, 0.25) is 11.9 Å². The maximum atomic E-state index is 13.4. The molecule has 220 valence electrons. The van der Waals surface area contributed by atoms with Crippen molar-refractivity contribution in [2.45, 2.75) is 63.1 Å². The first kappa shape index (κ1) is 27.6. The number of anilines is 3. The number of hydrogen-bond acceptors (Lipinski definition) is 7. The predicted octanol–water partition coefficient (Wildman–Crippen LogP) is 4.56. The third-order valence-electron chi connectivity index (χ3n) is 7.94. The highest BCUT2D eigenvalue weighted by Crippen LogP contribution is 2.48. The summed E-state index contributed by atoms with van der Waals surface area (Å²) in [6, 6.07) is 0.981. The first-order valence-corrected chi connectivity index (χ1v) is 14.1. The van der Waals surface area contributed by atoms with Crippen molar-refractivity contribution >= 4 is 39.9 Å². The second-order valence-corrected chi connectivity index (χ2v) is 11.9. The predicted molar refractivity (Wildman–Crippen MR) is 138 cm³/mol. The molecule has 2 amide bonds. The largest absolute Gasteiger partial charge is 0.351 e. The smallest absolute Gasteiger partial charge is 0.282 e. The summed E-state index contributed by atoms with van der Waals surface area (Å²) >= 11 is 1.26. The number of thiophene rings is 1. The van der Waals surface area contributed by atoms with Crippen molar-refractivity contribution in [2.24, 2.45) is 18.9 Å². The summed E-state index contributed by atoms with van der Waals surface area (Å²) in [7, 11) is 1.52. The molecule has 3 aromatic heterocycles. The fourth-order valence-corrected chi connectivity index (χ4v) is 6.57. The summed E-state index contributed by atoms with van der Waals surface area (Å²) in [5, 5.41) is 20.5. The van der Waals surface area contributed by atoms with Crippen molar-refractivity contribution in [1.29, 1.82) is 0 Å². The van der Waals surface area contributed by atoms with Crippen LogP contribution in [0.2, 0.25) is 0 Å². The van der Waals surface area contributed by atoms with E-state index in [1.807, 2.05) is 0 Å². The van der Waals surface area contributed by atoms with Gasteiger partial charge in [0.15, 0.2) is 0 Å². The number of rotatable bonds is 9. The molecule has 0 radical (unpaired) electrons. The monoisotopic (exact) mass is 598 g/mol. The summed E-state index contributed by atoms with van der Waals surface area (Å²) in [5.74, 6) is -4.56. The van der Waals surface area contributed by atoms with Crippen molar-refractivity contribution < 1.29 is 31.5 Å². The van der Waals surface area contributed by atoms with E-state index < -0.39 is 36.3 Å². The van der Waals surface area contributed by atoms with Gasteiger partial charge in [-0.1, -0.05) is 0 Å². The van der Waals surface area contributed by atoms with E-state index in [-0.39, 0.29) is 54.8 Å². The van der Waals surface area contributed by atoms with Crippen LogP contribution < -0.4 is 16.0 Å². The maximum absolute atomic E-state index is 13.4. The summed E-state index contributed by atoms with van der Waals surface area (Å²) in [6.45, 7) is -0.190. The normalized spacial score (nSPS) is 24.5. The lowest BCUT2D eigenvalue weighted by atomic mass is 9.83. The van der Waals surface area contributed by atoms with Gasteiger partial charge in [-0.25, -0.2) is 22.0 Å². The molecule has 0 unspecified atom stereocenters. The maximum Gasteiger partial charge on any atom is 0.282 e. The summed E-state index contributed by atoms with van der Waals surface area (Å²) in [5.41, 5.74) is 0.512. The molecule has 3 aromatic rings. The Morgan fingerprint density at radius 2 is 2.02 bits per heavy atom. The van der Waals surface area contributed by atoms with Crippen molar-refractivity contribution in [3.63, 3.8) is 0 Å². The highest BCUT2D eigenvalue weighted by molar-refractivity contribution is 7.17. The third kappa shape index (κ3) is 5.40. The van der Waals surface area contributed by atoms with Gasteiger partial charge in [0.25, 0.3) is 18.3 Å². The van der Waals surface area contributed by atoms with E-state index in [9.17, 15) is 31.5 Å². The van der Waals surface area contributed by atoms with Crippen LogP contribution in [0.1, 0.15) is 64.6 Å². The molecule has 10 nitrogen and oxygen atoms in total. The number of aromatic nitrogens is 5. The molecular weight excluding hydrogens is 571 g/mol. The Bertz CT molecular complexity index is 1480. The van der Waals surface area contributed by atoms with Crippen LogP contribution in [0.15, 0.2) is 12.4 Å². The fraction of sp³-hybridized carbons (Fsp3) is 0.560. The Morgan fingerprint density at radius 3 is 2.68 bits per heavy atom. The van der Waals surface area contributed by atoms with E-state index in [1.54, 1.807) is 4.57 Å². The molecule has 0 aromatic carbocycles. The van der Waals surface area contributed by atoms with Crippen LogP contribution in [-0.2, 0) is 24.7 Å². The highest BCUT2D eigenvalue weighted by Gasteiger charge is 2.56. The lowest BCUT2D eigenvalue weighted by Gasteiger charge is -2.28. The number of alkyl halides is 5. The summed E-state index contributed by atoms with van der Waals surface area (Å²) in [6.07, 6.45) is -0.780. The zero-order valence-electron chi connectivity index (χ0n) is 21.8. The molecule has 0 bridgehead atoms. The minimum absolute atomic E-state index is 0.121. The number of carbonyl (C=O) groups excluding carboxylic acids is 2. The van der Waals surface area contributed by atoms with Gasteiger partial charge in [-0.3, -0.25) is 18.8 Å². The van der Waals surface area contributed by atoms with Gasteiger partial charge in [-0.15, -0.1) is 21.5 Å². The molecule has 0 saturated heterocycles. The molecule has 2 saturated carbocycles. The van der Waals surface area contributed by atoms with Crippen molar-refractivity contribution in [2.75, 3.05) is 17.2 Å². The molecule has 2 atom stereocenters. The number of hydrogen-bond donors (Lipinski definition) is 3. The number of halogens is 5. The lowest BCUT2D eigenvalue weighted by Crippen LogP contribution is -2.36. The number of fused-ring (bicyclic) bond motifs is 1. The third-order valence-corrected chi connectivity index (χ3v) is 9.15. The number of amides is 2. The van der Waals surface area contributed by atoms with Crippen LogP contribution in [0.25, 0.3) is 0 Å². The molecule has 0 spiro atoms.